The van der Waals surface area contributed by atoms with Crippen LogP contribution in [0.2, 0.25) is 0 Å². The fourth-order valence-corrected chi connectivity index (χ4v) is 2.27. The molecule has 0 heterocycles. The summed E-state index contributed by atoms with van der Waals surface area (Å²) in [6, 6.07) is 9.41. The minimum absolute atomic E-state index is 0.0805. The van der Waals surface area contributed by atoms with E-state index < -0.39 is 22.6 Å². The third-order valence-electron chi connectivity index (χ3n) is 3.48. The lowest BCUT2D eigenvalue weighted by molar-refractivity contribution is -0.385. The SMILES string of the molecule is Cc1cc(C(=O)N(C)CC(=O)Nc2cccc(F)c2)ccc1[N+](=O)[O-]. The van der Waals surface area contributed by atoms with Crippen LogP contribution >= 0.6 is 0 Å². The Bertz CT molecular complexity index is 838. The first-order valence-electron chi connectivity index (χ1n) is 7.34. The Morgan fingerprint density at radius 2 is 1.96 bits per heavy atom. The summed E-state index contributed by atoms with van der Waals surface area (Å²) in [5, 5.41) is 13.3. The van der Waals surface area contributed by atoms with Crippen LogP contribution in [0.5, 0.6) is 0 Å². The number of likely N-dealkylation sites (N-methyl/N-ethyl adjacent to an activating group) is 1. The van der Waals surface area contributed by atoms with Gasteiger partial charge in [-0.05, 0) is 37.3 Å². The number of halogens is 1. The molecule has 25 heavy (non-hydrogen) atoms. The van der Waals surface area contributed by atoms with E-state index in [0.717, 1.165) is 0 Å². The van der Waals surface area contributed by atoms with Crippen molar-refractivity contribution in [2.24, 2.45) is 0 Å². The third kappa shape index (κ3) is 4.60. The van der Waals surface area contributed by atoms with Crippen LogP contribution in [0.25, 0.3) is 0 Å². The summed E-state index contributed by atoms with van der Waals surface area (Å²) in [5.74, 6) is -1.42. The molecule has 0 aliphatic carbocycles. The zero-order chi connectivity index (χ0) is 18.6. The zero-order valence-electron chi connectivity index (χ0n) is 13.7. The van der Waals surface area contributed by atoms with Crippen LogP contribution in [-0.2, 0) is 4.79 Å². The Morgan fingerprint density at radius 1 is 1.24 bits per heavy atom. The monoisotopic (exact) mass is 345 g/mol. The van der Waals surface area contributed by atoms with Crippen molar-refractivity contribution in [1.29, 1.82) is 0 Å². The molecule has 0 spiro atoms. The standard InChI is InChI=1S/C17H16FN3O4/c1-11-8-12(6-7-15(11)21(24)25)17(23)20(2)10-16(22)19-14-5-3-4-13(18)9-14/h3-9H,10H2,1-2H3,(H,19,22). The molecule has 0 aliphatic heterocycles. The molecule has 0 aliphatic rings. The highest BCUT2D eigenvalue weighted by Gasteiger charge is 2.18. The van der Waals surface area contributed by atoms with Gasteiger partial charge in [0.2, 0.25) is 5.91 Å². The van der Waals surface area contributed by atoms with E-state index in [2.05, 4.69) is 5.32 Å². The Hall–Kier alpha value is -3.29. The first-order valence-corrected chi connectivity index (χ1v) is 7.34. The lowest BCUT2D eigenvalue weighted by atomic mass is 10.1. The van der Waals surface area contributed by atoms with E-state index in [1.165, 1.54) is 61.3 Å². The van der Waals surface area contributed by atoms with Crippen LogP contribution < -0.4 is 5.32 Å². The van der Waals surface area contributed by atoms with E-state index in [9.17, 15) is 24.1 Å². The molecule has 2 rings (SSSR count). The number of rotatable bonds is 5. The molecular formula is C17H16FN3O4. The van der Waals surface area contributed by atoms with Crippen molar-refractivity contribution in [3.05, 3.63) is 69.5 Å². The van der Waals surface area contributed by atoms with Crippen molar-refractivity contribution in [3.8, 4) is 0 Å². The maximum Gasteiger partial charge on any atom is 0.272 e. The Morgan fingerprint density at radius 3 is 2.56 bits per heavy atom. The van der Waals surface area contributed by atoms with Crippen LogP contribution in [0, 0.1) is 22.9 Å². The van der Waals surface area contributed by atoms with Gasteiger partial charge in [-0.15, -0.1) is 0 Å². The minimum atomic E-state index is -0.528. The number of nitro groups is 1. The molecule has 7 nitrogen and oxygen atoms in total. The van der Waals surface area contributed by atoms with E-state index in [0.29, 0.717) is 5.56 Å². The van der Waals surface area contributed by atoms with Gasteiger partial charge in [0, 0.05) is 29.9 Å². The summed E-state index contributed by atoms with van der Waals surface area (Å²) < 4.78 is 13.1. The molecule has 2 aromatic carbocycles. The summed E-state index contributed by atoms with van der Waals surface area (Å²) >= 11 is 0. The van der Waals surface area contributed by atoms with Crippen LogP contribution in [0.1, 0.15) is 15.9 Å². The maximum absolute atomic E-state index is 13.1. The molecule has 1 N–H and O–H groups in total. The fraction of sp³-hybridized carbons (Fsp3) is 0.176. The van der Waals surface area contributed by atoms with Gasteiger partial charge in [-0.1, -0.05) is 6.07 Å². The van der Waals surface area contributed by atoms with Gasteiger partial charge in [0.05, 0.1) is 11.5 Å². The highest BCUT2D eigenvalue weighted by Crippen LogP contribution is 2.19. The number of nitrogens with one attached hydrogen (secondary N) is 1. The third-order valence-corrected chi connectivity index (χ3v) is 3.48. The Balaban J connectivity index is 2.03. The predicted octanol–water partition coefficient (Wildman–Crippen LogP) is 2.75. The van der Waals surface area contributed by atoms with Gasteiger partial charge in [0.15, 0.2) is 0 Å². The molecule has 0 bridgehead atoms. The first-order chi connectivity index (χ1) is 11.8. The van der Waals surface area contributed by atoms with Crippen molar-refractivity contribution in [2.75, 3.05) is 18.9 Å². The number of nitro benzene ring substituents is 1. The molecule has 0 radical (unpaired) electrons. The lowest BCUT2D eigenvalue weighted by Crippen LogP contribution is -2.35. The van der Waals surface area contributed by atoms with Crippen LogP contribution in [0.15, 0.2) is 42.5 Å². The molecule has 130 valence electrons. The second kappa shape index (κ2) is 7.52. The summed E-state index contributed by atoms with van der Waals surface area (Å²) in [4.78, 5) is 35.8. The van der Waals surface area contributed by atoms with E-state index >= 15 is 0 Å². The highest BCUT2D eigenvalue weighted by molar-refractivity contribution is 5.99. The van der Waals surface area contributed by atoms with Gasteiger partial charge in [-0.2, -0.15) is 0 Å². The highest BCUT2D eigenvalue weighted by atomic mass is 19.1. The second-order valence-electron chi connectivity index (χ2n) is 5.48. The van der Waals surface area contributed by atoms with Crippen LogP contribution in [0.4, 0.5) is 15.8 Å². The molecule has 0 unspecified atom stereocenters. The molecular weight excluding hydrogens is 329 g/mol. The molecule has 0 aromatic heterocycles. The van der Waals surface area contributed by atoms with E-state index in [-0.39, 0.29) is 23.5 Å². The van der Waals surface area contributed by atoms with Gasteiger partial charge >= 0.3 is 0 Å². The number of anilines is 1. The largest absolute Gasteiger partial charge is 0.332 e. The van der Waals surface area contributed by atoms with E-state index in [1.807, 2.05) is 0 Å². The lowest BCUT2D eigenvalue weighted by Gasteiger charge is -2.17. The van der Waals surface area contributed by atoms with Crippen molar-refractivity contribution in [2.45, 2.75) is 6.92 Å². The molecule has 2 aromatic rings. The van der Waals surface area contributed by atoms with Gasteiger partial charge < -0.3 is 10.2 Å². The average Bonchev–Trinajstić information content (AvgIpc) is 2.53. The number of nitrogens with zero attached hydrogens (tertiary/aromatic N) is 2. The summed E-state index contributed by atoms with van der Waals surface area (Å²) in [5.41, 5.74) is 0.803. The molecule has 8 heteroatoms. The van der Waals surface area contributed by atoms with Gasteiger partial charge in [0.1, 0.15) is 5.82 Å². The molecule has 0 saturated carbocycles. The number of carbonyl (C=O) groups excluding carboxylic acids is 2. The van der Waals surface area contributed by atoms with Crippen LogP contribution in [0.3, 0.4) is 0 Å². The van der Waals surface area contributed by atoms with Gasteiger partial charge in [0.25, 0.3) is 11.6 Å². The van der Waals surface area contributed by atoms with Crippen molar-refractivity contribution in [3.63, 3.8) is 0 Å². The second-order valence-corrected chi connectivity index (χ2v) is 5.48. The van der Waals surface area contributed by atoms with Crippen LogP contribution in [-0.4, -0.2) is 35.2 Å². The summed E-state index contributed by atoms with van der Waals surface area (Å²) in [6.07, 6.45) is 0. The number of hydrogen-bond acceptors (Lipinski definition) is 4. The first kappa shape index (κ1) is 18.1. The number of carbonyl (C=O) groups is 2. The summed E-state index contributed by atoms with van der Waals surface area (Å²) in [7, 11) is 1.43. The van der Waals surface area contributed by atoms with Gasteiger partial charge in [-0.3, -0.25) is 19.7 Å². The smallest absolute Gasteiger partial charge is 0.272 e. The molecule has 0 atom stereocenters. The Kier molecular flexibility index (Phi) is 5.43. The minimum Gasteiger partial charge on any atom is -0.332 e. The van der Waals surface area contributed by atoms with E-state index in [1.54, 1.807) is 0 Å². The number of benzene rings is 2. The van der Waals surface area contributed by atoms with Crippen molar-refractivity contribution < 1.29 is 18.9 Å². The van der Waals surface area contributed by atoms with Gasteiger partial charge in [-0.25, -0.2) is 4.39 Å². The Labute approximate surface area is 143 Å². The van der Waals surface area contributed by atoms with Crippen molar-refractivity contribution in [1.82, 2.24) is 4.90 Å². The molecule has 2 amide bonds. The number of amides is 2. The van der Waals surface area contributed by atoms with E-state index in [4.69, 9.17) is 0 Å². The predicted molar refractivity (Wildman–Crippen MR) is 89.8 cm³/mol. The fourth-order valence-electron chi connectivity index (χ4n) is 2.27. The maximum atomic E-state index is 13.1. The number of aryl methyl sites for hydroxylation is 1. The molecule has 0 fully saturated rings. The summed E-state index contributed by atoms with van der Waals surface area (Å²) in [6.45, 7) is 1.29. The van der Waals surface area contributed by atoms with Crippen molar-refractivity contribution >= 4 is 23.2 Å². The molecule has 0 saturated heterocycles. The normalized spacial score (nSPS) is 10.2. The zero-order valence-corrected chi connectivity index (χ0v) is 13.7. The average molecular weight is 345 g/mol. The number of hydrogen-bond donors (Lipinski definition) is 1. The topological polar surface area (TPSA) is 92.6 Å². The quantitative estimate of drug-likeness (QED) is 0.666.